The van der Waals surface area contributed by atoms with Gasteiger partial charge in [0.15, 0.2) is 0 Å². The molecule has 0 fully saturated rings. The highest BCUT2D eigenvalue weighted by Gasteiger charge is 2.10. The molecule has 3 heterocycles. The first-order chi connectivity index (χ1) is 12.8. The zero-order valence-corrected chi connectivity index (χ0v) is 15.6. The summed E-state index contributed by atoms with van der Waals surface area (Å²) in [5, 5.41) is 14.1. The molecule has 0 spiro atoms. The summed E-state index contributed by atoms with van der Waals surface area (Å²) in [6.45, 7) is 0. The molecule has 1 N–H and O–H groups in total. The molecule has 0 aliphatic rings. The van der Waals surface area contributed by atoms with Crippen molar-refractivity contribution in [3.63, 3.8) is 0 Å². The summed E-state index contributed by atoms with van der Waals surface area (Å²) in [7, 11) is 1.65. The molecule has 6 nitrogen and oxygen atoms in total. The van der Waals surface area contributed by atoms with Gasteiger partial charge in [-0.15, -0.1) is 16.4 Å². The number of methoxy groups -OCH3 is 1. The Morgan fingerprint density at radius 2 is 2.12 bits per heavy atom. The number of aromatic amines is 1. The zero-order valence-electron chi connectivity index (χ0n) is 14.0. The van der Waals surface area contributed by atoms with Gasteiger partial charge in [-0.05, 0) is 35.7 Å². The van der Waals surface area contributed by atoms with Crippen LogP contribution >= 0.6 is 23.1 Å². The Hall–Kier alpha value is -2.58. The molecule has 4 rings (SSSR count). The highest BCUT2D eigenvalue weighted by molar-refractivity contribution is 7.98. The lowest BCUT2D eigenvalue weighted by atomic mass is 10.1. The predicted octanol–water partition coefficient (Wildman–Crippen LogP) is 4.41. The van der Waals surface area contributed by atoms with Crippen LogP contribution in [-0.4, -0.2) is 27.4 Å². The summed E-state index contributed by atoms with van der Waals surface area (Å²) in [5.41, 5.74) is 1.79. The largest absolute Gasteiger partial charge is 0.497 e. The molecule has 132 valence electrons. The molecular weight excluding hydrogens is 368 g/mol. The second kappa shape index (κ2) is 7.76. The average Bonchev–Trinajstić information content (AvgIpc) is 3.43. The van der Waals surface area contributed by atoms with Crippen molar-refractivity contribution in [3.8, 4) is 17.0 Å². The third-order valence-electron chi connectivity index (χ3n) is 3.72. The van der Waals surface area contributed by atoms with Gasteiger partial charge < -0.3 is 9.26 Å². The molecule has 0 amide bonds. The number of nitrogens with one attached hydrogen (secondary N) is 1. The Labute approximate surface area is 158 Å². The Balaban J connectivity index is 1.36. The van der Waals surface area contributed by atoms with E-state index in [0.29, 0.717) is 10.9 Å². The summed E-state index contributed by atoms with van der Waals surface area (Å²) < 4.78 is 10.6. The predicted molar refractivity (Wildman–Crippen MR) is 102 cm³/mol. The lowest BCUT2D eigenvalue weighted by Crippen LogP contribution is -1.87. The number of ether oxygens (including phenoxy) is 1. The molecule has 0 unspecified atom stereocenters. The maximum atomic E-state index is 5.42. The first-order valence-electron chi connectivity index (χ1n) is 7.96. The molecule has 0 radical (unpaired) electrons. The Kier molecular flexibility index (Phi) is 5.03. The quantitative estimate of drug-likeness (QED) is 0.476. The van der Waals surface area contributed by atoms with Crippen LogP contribution in [0.1, 0.15) is 16.5 Å². The van der Waals surface area contributed by atoms with Gasteiger partial charge in [-0.3, -0.25) is 5.10 Å². The second-order valence-electron chi connectivity index (χ2n) is 5.52. The third-order valence-corrected chi connectivity index (χ3v) is 5.47. The minimum Gasteiger partial charge on any atom is -0.497 e. The lowest BCUT2D eigenvalue weighted by molar-refractivity contribution is 0.397. The molecule has 1 aromatic carbocycles. The standard InChI is InChI=1S/C18H16N4O2S2/c1-23-13-6-4-12(5-7-13)16-9-14(24-22-16)11-26-18-19-17(20-21-18)10-15-3-2-8-25-15/h2-9H,10-11H2,1H3,(H,19,20,21). The summed E-state index contributed by atoms with van der Waals surface area (Å²) in [6, 6.07) is 13.8. The number of aromatic nitrogens is 4. The van der Waals surface area contributed by atoms with Crippen LogP contribution in [0.2, 0.25) is 0 Å². The van der Waals surface area contributed by atoms with Crippen LogP contribution in [0.4, 0.5) is 0 Å². The Bertz CT molecular complexity index is 961. The van der Waals surface area contributed by atoms with Crippen molar-refractivity contribution in [3.05, 3.63) is 64.3 Å². The molecule has 0 bridgehead atoms. The molecule has 0 atom stereocenters. The summed E-state index contributed by atoms with van der Waals surface area (Å²) in [6.07, 6.45) is 0.773. The Morgan fingerprint density at radius 1 is 1.23 bits per heavy atom. The van der Waals surface area contributed by atoms with Gasteiger partial charge in [-0.1, -0.05) is 23.0 Å². The number of thiophene rings is 1. The van der Waals surface area contributed by atoms with Gasteiger partial charge in [0.05, 0.1) is 12.9 Å². The van der Waals surface area contributed by atoms with E-state index in [9.17, 15) is 0 Å². The van der Waals surface area contributed by atoms with Gasteiger partial charge >= 0.3 is 0 Å². The average molecular weight is 384 g/mol. The molecular formula is C18H16N4O2S2. The summed E-state index contributed by atoms with van der Waals surface area (Å²) in [4.78, 5) is 5.77. The van der Waals surface area contributed by atoms with Crippen LogP contribution in [0, 0.1) is 0 Å². The first-order valence-corrected chi connectivity index (χ1v) is 9.83. The van der Waals surface area contributed by atoms with E-state index in [0.717, 1.165) is 35.0 Å². The van der Waals surface area contributed by atoms with Gasteiger partial charge in [0, 0.05) is 22.9 Å². The van der Waals surface area contributed by atoms with Crippen molar-refractivity contribution < 1.29 is 9.26 Å². The van der Waals surface area contributed by atoms with E-state index in [-0.39, 0.29) is 0 Å². The van der Waals surface area contributed by atoms with Gasteiger partial charge in [0.25, 0.3) is 0 Å². The monoisotopic (exact) mass is 384 g/mol. The van der Waals surface area contributed by atoms with Gasteiger partial charge in [0.2, 0.25) is 5.16 Å². The van der Waals surface area contributed by atoms with Crippen LogP contribution in [-0.2, 0) is 12.2 Å². The zero-order chi connectivity index (χ0) is 17.8. The van der Waals surface area contributed by atoms with E-state index in [1.165, 1.54) is 16.6 Å². The minimum absolute atomic E-state index is 0.624. The van der Waals surface area contributed by atoms with E-state index >= 15 is 0 Å². The van der Waals surface area contributed by atoms with E-state index in [4.69, 9.17) is 9.26 Å². The third kappa shape index (κ3) is 3.97. The highest BCUT2D eigenvalue weighted by Crippen LogP contribution is 2.25. The normalized spacial score (nSPS) is 11.0. The van der Waals surface area contributed by atoms with Crippen LogP contribution in [0.5, 0.6) is 5.75 Å². The minimum atomic E-state index is 0.624. The SMILES string of the molecule is COc1ccc(-c2cc(CSc3n[nH]c(Cc4cccs4)n3)on2)cc1. The second-order valence-corrected chi connectivity index (χ2v) is 7.49. The van der Waals surface area contributed by atoms with Crippen LogP contribution in [0.3, 0.4) is 0 Å². The number of nitrogens with zero attached hydrogens (tertiary/aromatic N) is 3. The van der Waals surface area contributed by atoms with E-state index in [2.05, 4.69) is 31.8 Å². The number of H-pyrrole nitrogens is 1. The topological polar surface area (TPSA) is 76.8 Å². The smallest absolute Gasteiger partial charge is 0.208 e. The van der Waals surface area contributed by atoms with Gasteiger partial charge in [0.1, 0.15) is 23.0 Å². The number of hydrogen-bond donors (Lipinski definition) is 1. The van der Waals surface area contributed by atoms with Crippen molar-refractivity contribution >= 4 is 23.1 Å². The van der Waals surface area contributed by atoms with Crippen molar-refractivity contribution in [1.82, 2.24) is 20.3 Å². The van der Waals surface area contributed by atoms with Gasteiger partial charge in [-0.2, -0.15) is 0 Å². The van der Waals surface area contributed by atoms with Crippen LogP contribution < -0.4 is 4.74 Å². The van der Waals surface area contributed by atoms with E-state index < -0.39 is 0 Å². The molecule has 26 heavy (non-hydrogen) atoms. The Morgan fingerprint density at radius 3 is 2.88 bits per heavy atom. The fourth-order valence-corrected chi connectivity index (χ4v) is 3.82. The summed E-state index contributed by atoms with van der Waals surface area (Å²) >= 11 is 3.23. The van der Waals surface area contributed by atoms with Crippen molar-refractivity contribution in [2.24, 2.45) is 0 Å². The fourth-order valence-electron chi connectivity index (χ4n) is 2.41. The molecule has 0 aliphatic carbocycles. The fraction of sp³-hybridized carbons (Fsp3) is 0.167. The molecule has 0 aliphatic heterocycles. The van der Waals surface area contributed by atoms with Gasteiger partial charge in [-0.25, -0.2) is 4.98 Å². The van der Waals surface area contributed by atoms with Crippen molar-refractivity contribution in [2.75, 3.05) is 7.11 Å². The molecule has 3 aromatic heterocycles. The van der Waals surface area contributed by atoms with Crippen LogP contribution in [0.25, 0.3) is 11.3 Å². The van der Waals surface area contributed by atoms with E-state index in [1.807, 2.05) is 36.4 Å². The highest BCUT2D eigenvalue weighted by atomic mass is 32.2. The number of thioether (sulfide) groups is 1. The van der Waals surface area contributed by atoms with Crippen LogP contribution in [0.15, 0.2) is 57.5 Å². The molecule has 8 heteroatoms. The van der Waals surface area contributed by atoms with Crippen molar-refractivity contribution in [1.29, 1.82) is 0 Å². The molecule has 0 saturated carbocycles. The maximum Gasteiger partial charge on any atom is 0.208 e. The number of hydrogen-bond acceptors (Lipinski definition) is 7. The molecule has 4 aromatic rings. The summed E-state index contributed by atoms with van der Waals surface area (Å²) in [5.74, 6) is 3.09. The number of rotatable bonds is 7. The number of benzene rings is 1. The van der Waals surface area contributed by atoms with Crippen molar-refractivity contribution in [2.45, 2.75) is 17.3 Å². The first kappa shape index (κ1) is 16.9. The maximum absolute atomic E-state index is 5.42. The molecule has 0 saturated heterocycles. The lowest BCUT2D eigenvalue weighted by Gasteiger charge is -1.99. The van der Waals surface area contributed by atoms with E-state index in [1.54, 1.807) is 18.4 Å².